The normalized spacial score (nSPS) is 13.4. The minimum atomic E-state index is -2.83. The molecular formula is C23H49N3O3Si. The molecule has 0 aliphatic heterocycles. The van der Waals surface area contributed by atoms with Gasteiger partial charge in [-0.3, -0.25) is 0 Å². The average molecular weight is 444 g/mol. The number of azide groups is 1. The number of rotatable bonds is 15. The van der Waals surface area contributed by atoms with Crippen molar-refractivity contribution >= 4 is 8.80 Å². The predicted molar refractivity (Wildman–Crippen MR) is 129 cm³/mol. The van der Waals surface area contributed by atoms with E-state index in [0.29, 0.717) is 6.54 Å². The second-order valence-electron chi connectivity index (χ2n) is 11.2. The molecule has 0 bridgehead atoms. The third-order valence-corrected chi connectivity index (χ3v) is 7.93. The standard InChI is InChI=1S/C23H49N3O3Si/c1-21(2,3)27-30(28-22(4,5)6,29-23(7,8)9)20-18-16-14-12-10-11-13-15-17-19-25-26-24/h10-20H2,1-9H3. The summed E-state index contributed by atoms with van der Waals surface area (Å²) in [4.78, 5) is 2.79. The lowest BCUT2D eigenvalue weighted by Crippen LogP contribution is -2.57. The molecule has 0 aliphatic carbocycles. The molecule has 0 fully saturated rings. The fourth-order valence-corrected chi connectivity index (χ4v) is 7.33. The molecule has 0 saturated carbocycles. The first-order valence-corrected chi connectivity index (χ1v) is 13.7. The van der Waals surface area contributed by atoms with Crippen LogP contribution in [0.5, 0.6) is 0 Å². The Hall–Kier alpha value is -0.593. The molecule has 0 N–H and O–H groups in total. The van der Waals surface area contributed by atoms with E-state index in [9.17, 15) is 0 Å². The van der Waals surface area contributed by atoms with Crippen LogP contribution in [-0.2, 0) is 13.3 Å². The van der Waals surface area contributed by atoms with Gasteiger partial charge in [0.15, 0.2) is 0 Å². The van der Waals surface area contributed by atoms with E-state index in [0.717, 1.165) is 25.3 Å². The molecular weight excluding hydrogens is 394 g/mol. The Balaban J connectivity index is 4.52. The molecule has 0 heterocycles. The van der Waals surface area contributed by atoms with Crippen LogP contribution in [0.4, 0.5) is 0 Å². The zero-order chi connectivity index (χ0) is 23.3. The van der Waals surface area contributed by atoms with E-state index in [4.69, 9.17) is 18.8 Å². The van der Waals surface area contributed by atoms with Gasteiger partial charge in [-0.25, -0.2) is 0 Å². The number of hydrogen-bond acceptors (Lipinski definition) is 4. The van der Waals surface area contributed by atoms with Crippen LogP contribution in [0.1, 0.15) is 120 Å². The quantitative estimate of drug-likeness (QED) is 0.0841. The van der Waals surface area contributed by atoms with Gasteiger partial charge < -0.3 is 13.3 Å². The Morgan fingerprint density at radius 3 is 1.27 bits per heavy atom. The van der Waals surface area contributed by atoms with Crippen LogP contribution in [-0.4, -0.2) is 32.2 Å². The fraction of sp³-hybridized carbons (Fsp3) is 1.00. The van der Waals surface area contributed by atoms with Crippen molar-refractivity contribution in [2.24, 2.45) is 5.11 Å². The molecule has 0 aromatic carbocycles. The van der Waals surface area contributed by atoms with Gasteiger partial charge in [0.05, 0.1) is 16.8 Å². The third kappa shape index (κ3) is 18.2. The molecule has 0 radical (unpaired) electrons. The van der Waals surface area contributed by atoms with E-state index >= 15 is 0 Å². The first-order chi connectivity index (χ1) is 13.7. The summed E-state index contributed by atoms with van der Waals surface area (Å²) < 4.78 is 19.6. The Morgan fingerprint density at radius 2 is 0.933 bits per heavy atom. The first-order valence-electron chi connectivity index (χ1n) is 11.8. The van der Waals surface area contributed by atoms with Gasteiger partial charge in [0, 0.05) is 17.5 Å². The molecule has 0 amide bonds. The van der Waals surface area contributed by atoms with Crippen molar-refractivity contribution < 1.29 is 13.3 Å². The molecule has 0 spiro atoms. The summed E-state index contributed by atoms with van der Waals surface area (Å²) in [5.41, 5.74) is 7.35. The highest BCUT2D eigenvalue weighted by Crippen LogP contribution is 2.33. The molecule has 0 atom stereocenters. The lowest BCUT2D eigenvalue weighted by atomic mass is 10.1. The maximum atomic E-state index is 8.26. The van der Waals surface area contributed by atoms with E-state index in [-0.39, 0.29) is 16.8 Å². The second kappa shape index (κ2) is 13.7. The zero-order valence-electron chi connectivity index (χ0n) is 21.3. The van der Waals surface area contributed by atoms with Crippen LogP contribution in [0.3, 0.4) is 0 Å². The molecule has 30 heavy (non-hydrogen) atoms. The average Bonchev–Trinajstić information content (AvgIpc) is 2.50. The van der Waals surface area contributed by atoms with Crippen molar-refractivity contribution in [1.82, 2.24) is 0 Å². The van der Waals surface area contributed by atoms with Gasteiger partial charge in [-0.2, -0.15) is 0 Å². The highest BCUT2D eigenvalue weighted by molar-refractivity contribution is 6.61. The highest BCUT2D eigenvalue weighted by Gasteiger charge is 2.49. The zero-order valence-corrected chi connectivity index (χ0v) is 22.3. The lowest BCUT2D eigenvalue weighted by Gasteiger charge is -2.43. The van der Waals surface area contributed by atoms with Crippen molar-refractivity contribution in [2.75, 3.05) is 6.54 Å². The summed E-state index contributed by atoms with van der Waals surface area (Å²) in [6.07, 6.45) is 10.7. The first kappa shape index (κ1) is 29.4. The van der Waals surface area contributed by atoms with Crippen molar-refractivity contribution in [3.05, 3.63) is 10.4 Å². The highest BCUT2D eigenvalue weighted by atomic mass is 28.4. The van der Waals surface area contributed by atoms with Crippen LogP contribution >= 0.6 is 0 Å². The largest absolute Gasteiger partial charge is 0.502 e. The summed E-state index contributed by atoms with van der Waals surface area (Å²) in [7, 11) is -2.83. The predicted octanol–water partition coefficient (Wildman–Crippen LogP) is 8.19. The summed E-state index contributed by atoms with van der Waals surface area (Å²) in [5, 5.41) is 3.58. The molecule has 0 saturated heterocycles. The molecule has 0 aliphatic rings. The van der Waals surface area contributed by atoms with Gasteiger partial charge in [0.2, 0.25) is 0 Å². The van der Waals surface area contributed by atoms with E-state index in [1.807, 2.05) is 0 Å². The number of hydrogen-bond donors (Lipinski definition) is 0. The lowest BCUT2D eigenvalue weighted by molar-refractivity contribution is -0.0755. The molecule has 6 nitrogen and oxygen atoms in total. The van der Waals surface area contributed by atoms with Crippen LogP contribution < -0.4 is 0 Å². The molecule has 0 aromatic rings. The Bertz CT molecular complexity index is 460. The molecule has 0 rings (SSSR count). The molecule has 0 unspecified atom stereocenters. The summed E-state index contributed by atoms with van der Waals surface area (Å²) in [5.74, 6) is 0. The molecule has 7 heteroatoms. The van der Waals surface area contributed by atoms with Gasteiger partial charge in [-0.15, -0.1) is 0 Å². The minimum absolute atomic E-state index is 0.304. The molecule has 0 aromatic heterocycles. The van der Waals surface area contributed by atoms with Crippen LogP contribution in [0.15, 0.2) is 5.11 Å². The second-order valence-corrected chi connectivity index (χ2v) is 13.7. The van der Waals surface area contributed by atoms with Crippen molar-refractivity contribution in [2.45, 2.75) is 143 Å². The van der Waals surface area contributed by atoms with Crippen LogP contribution in [0, 0.1) is 0 Å². The smallest absolute Gasteiger partial charge is 0.368 e. The summed E-state index contributed by atoms with van der Waals surface area (Å²) in [6, 6.07) is 0.859. The van der Waals surface area contributed by atoms with Gasteiger partial charge in [0.1, 0.15) is 0 Å². The third-order valence-electron chi connectivity index (χ3n) is 4.19. The van der Waals surface area contributed by atoms with E-state index < -0.39 is 8.80 Å². The van der Waals surface area contributed by atoms with Gasteiger partial charge in [0.25, 0.3) is 0 Å². The Morgan fingerprint density at radius 1 is 0.600 bits per heavy atom. The van der Waals surface area contributed by atoms with Crippen LogP contribution in [0.2, 0.25) is 6.04 Å². The summed E-state index contributed by atoms with van der Waals surface area (Å²) >= 11 is 0. The monoisotopic (exact) mass is 443 g/mol. The van der Waals surface area contributed by atoms with Gasteiger partial charge in [-0.1, -0.05) is 50.1 Å². The van der Waals surface area contributed by atoms with Gasteiger partial charge >= 0.3 is 8.80 Å². The topological polar surface area (TPSA) is 76.5 Å². The Labute approximate surface area is 187 Å². The van der Waals surface area contributed by atoms with Crippen molar-refractivity contribution in [1.29, 1.82) is 0 Å². The minimum Gasteiger partial charge on any atom is -0.368 e. The number of unbranched alkanes of at least 4 members (excludes halogenated alkanes) is 8. The maximum absolute atomic E-state index is 8.26. The van der Waals surface area contributed by atoms with Gasteiger partial charge in [-0.05, 0) is 80.7 Å². The van der Waals surface area contributed by atoms with Crippen LogP contribution in [0.25, 0.3) is 10.4 Å². The maximum Gasteiger partial charge on any atom is 0.502 e. The van der Waals surface area contributed by atoms with E-state index in [1.165, 1.54) is 38.5 Å². The number of nitrogens with zero attached hydrogens (tertiary/aromatic N) is 3. The summed E-state index contributed by atoms with van der Waals surface area (Å²) in [6.45, 7) is 19.4. The van der Waals surface area contributed by atoms with E-state index in [1.54, 1.807) is 0 Å². The fourth-order valence-electron chi connectivity index (χ4n) is 3.42. The molecule has 178 valence electrons. The SMILES string of the molecule is CC(C)(C)O[Si](CCCCCCCCCCCN=[N+]=[N-])(OC(C)(C)C)OC(C)(C)C. The van der Waals surface area contributed by atoms with E-state index in [2.05, 4.69) is 72.3 Å². The van der Waals surface area contributed by atoms with Crippen molar-refractivity contribution in [3.63, 3.8) is 0 Å². The van der Waals surface area contributed by atoms with Crippen molar-refractivity contribution in [3.8, 4) is 0 Å². The Kier molecular flexibility index (Phi) is 13.5.